The van der Waals surface area contributed by atoms with Crippen LogP contribution in [-0.4, -0.2) is 32.7 Å². The molecular formula is C16H28IN3O. The van der Waals surface area contributed by atoms with Gasteiger partial charge in [-0.1, -0.05) is 19.1 Å². The van der Waals surface area contributed by atoms with Gasteiger partial charge in [0.15, 0.2) is 5.96 Å². The standard InChI is InChI=1S/C16H27N3O.HI/c1-4-11-18-16(17-5-2)19-12-7-9-14-8-6-10-15(13-14)20-3;/h6,8,10,13H,4-5,7,9,11-12H2,1-3H3,(H2,17,18,19);1H. The highest BCUT2D eigenvalue weighted by Crippen LogP contribution is 2.13. The number of hydrogen-bond donors (Lipinski definition) is 2. The van der Waals surface area contributed by atoms with Crippen LogP contribution < -0.4 is 15.4 Å². The van der Waals surface area contributed by atoms with Crippen LogP contribution in [0.15, 0.2) is 29.3 Å². The molecule has 1 aromatic carbocycles. The minimum atomic E-state index is 0. The Morgan fingerprint density at radius 3 is 2.71 bits per heavy atom. The van der Waals surface area contributed by atoms with Gasteiger partial charge < -0.3 is 15.4 Å². The SMILES string of the molecule is CCCN=C(NCC)NCCCc1cccc(OC)c1.I. The summed E-state index contributed by atoms with van der Waals surface area (Å²) in [4.78, 5) is 4.48. The van der Waals surface area contributed by atoms with Crippen molar-refractivity contribution in [3.63, 3.8) is 0 Å². The number of benzene rings is 1. The lowest BCUT2D eigenvalue weighted by Crippen LogP contribution is -2.38. The predicted molar refractivity (Wildman–Crippen MR) is 101 cm³/mol. The van der Waals surface area contributed by atoms with Crippen LogP contribution in [0.2, 0.25) is 0 Å². The Morgan fingerprint density at radius 2 is 2.05 bits per heavy atom. The highest BCUT2D eigenvalue weighted by atomic mass is 127. The lowest BCUT2D eigenvalue weighted by molar-refractivity contribution is 0.414. The van der Waals surface area contributed by atoms with E-state index in [0.717, 1.165) is 50.6 Å². The van der Waals surface area contributed by atoms with E-state index in [0.29, 0.717) is 0 Å². The van der Waals surface area contributed by atoms with E-state index in [2.05, 4.69) is 41.6 Å². The third kappa shape index (κ3) is 8.80. The topological polar surface area (TPSA) is 45.7 Å². The molecule has 0 aliphatic rings. The van der Waals surface area contributed by atoms with Gasteiger partial charge in [-0.3, -0.25) is 4.99 Å². The van der Waals surface area contributed by atoms with E-state index in [1.54, 1.807) is 7.11 Å². The summed E-state index contributed by atoms with van der Waals surface area (Å²) in [5.74, 6) is 1.84. The van der Waals surface area contributed by atoms with Gasteiger partial charge in [-0.2, -0.15) is 0 Å². The first-order chi connectivity index (χ1) is 9.80. The molecule has 1 rings (SSSR count). The second-order valence-electron chi connectivity index (χ2n) is 4.64. The van der Waals surface area contributed by atoms with Crippen LogP contribution in [-0.2, 0) is 6.42 Å². The molecule has 5 heteroatoms. The van der Waals surface area contributed by atoms with Crippen molar-refractivity contribution in [2.24, 2.45) is 4.99 Å². The Morgan fingerprint density at radius 1 is 1.24 bits per heavy atom. The first kappa shape index (κ1) is 20.0. The first-order valence-electron chi connectivity index (χ1n) is 7.45. The summed E-state index contributed by atoms with van der Waals surface area (Å²) in [6.07, 6.45) is 3.18. The summed E-state index contributed by atoms with van der Waals surface area (Å²) >= 11 is 0. The molecule has 0 heterocycles. The summed E-state index contributed by atoms with van der Waals surface area (Å²) < 4.78 is 5.23. The predicted octanol–water partition coefficient (Wildman–Crippen LogP) is 3.21. The zero-order chi connectivity index (χ0) is 14.6. The van der Waals surface area contributed by atoms with Crippen LogP contribution in [0.5, 0.6) is 5.75 Å². The molecule has 2 N–H and O–H groups in total. The molecule has 0 aliphatic heterocycles. The monoisotopic (exact) mass is 405 g/mol. The number of nitrogens with one attached hydrogen (secondary N) is 2. The number of rotatable bonds is 8. The quantitative estimate of drug-likeness (QED) is 0.302. The van der Waals surface area contributed by atoms with Crippen molar-refractivity contribution in [2.45, 2.75) is 33.1 Å². The fourth-order valence-corrected chi connectivity index (χ4v) is 1.89. The van der Waals surface area contributed by atoms with Crippen molar-refractivity contribution in [3.05, 3.63) is 29.8 Å². The second-order valence-corrected chi connectivity index (χ2v) is 4.64. The van der Waals surface area contributed by atoms with Gasteiger partial charge in [-0.15, -0.1) is 24.0 Å². The van der Waals surface area contributed by atoms with Gasteiger partial charge in [0.1, 0.15) is 5.75 Å². The molecule has 0 spiro atoms. The lowest BCUT2D eigenvalue weighted by Gasteiger charge is -2.11. The van der Waals surface area contributed by atoms with Crippen molar-refractivity contribution in [1.82, 2.24) is 10.6 Å². The van der Waals surface area contributed by atoms with Crippen molar-refractivity contribution in [3.8, 4) is 5.75 Å². The number of aliphatic imine (C=N–C) groups is 1. The fraction of sp³-hybridized carbons (Fsp3) is 0.562. The van der Waals surface area contributed by atoms with Crippen LogP contribution in [0.1, 0.15) is 32.3 Å². The number of methoxy groups -OCH3 is 1. The van der Waals surface area contributed by atoms with Gasteiger partial charge in [-0.05, 0) is 43.9 Å². The average molecular weight is 405 g/mol. The zero-order valence-corrected chi connectivity index (χ0v) is 15.6. The minimum absolute atomic E-state index is 0. The molecule has 0 radical (unpaired) electrons. The summed E-state index contributed by atoms with van der Waals surface area (Å²) in [6, 6.07) is 8.24. The number of hydrogen-bond acceptors (Lipinski definition) is 2. The van der Waals surface area contributed by atoms with Gasteiger partial charge in [0.2, 0.25) is 0 Å². The van der Waals surface area contributed by atoms with E-state index in [1.807, 2.05) is 12.1 Å². The molecule has 4 nitrogen and oxygen atoms in total. The molecule has 1 aromatic rings. The smallest absolute Gasteiger partial charge is 0.191 e. The second kappa shape index (κ2) is 12.7. The Balaban J connectivity index is 0.00000400. The molecular weight excluding hydrogens is 377 g/mol. The number of guanidine groups is 1. The van der Waals surface area contributed by atoms with E-state index in [4.69, 9.17) is 4.74 Å². The summed E-state index contributed by atoms with van der Waals surface area (Å²) in [5, 5.41) is 6.62. The highest BCUT2D eigenvalue weighted by molar-refractivity contribution is 14.0. The Kier molecular flexibility index (Phi) is 12.1. The maximum atomic E-state index is 5.23. The average Bonchev–Trinajstić information content (AvgIpc) is 2.49. The number of nitrogens with zero attached hydrogens (tertiary/aromatic N) is 1. The molecule has 21 heavy (non-hydrogen) atoms. The summed E-state index contributed by atoms with van der Waals surface area (Å²) in [5.41, 5.74) is 1.31. The third-order valence-electron chi connectivity index (χ3n) is 2.91. The van der Waals surface area contributed by atoms with E-state index in [-0.39, 0.29) is 24.0 Å². The van der Waals surface area contributed by atoms with Crippen LogP contribution in [0.3, 0.4) is 0 Å². The van der Waals surface area contributed by atoms with Crippen molar-refractivity contribution < 1.29 is 4.74 Å². The Labute approximate surface area is 145 Å². The molecule has 0 fully saturated rings. The molecule has 0 aliphatic carbocycles. The molecule has 0 bridgehead atoms. The van der Waals surface area contributed by atoms with Crippen LogP contribution in [0.25, 0.3) is 0 Å². The minimum Gasteiger partial charge on any atom is -0.497 e. The molecule has 0 aromatic heterocycles. The van der Waals surface area contributed by atoms with Crippen molar-refractivity contribution in [1.29, 1.82) is 0 Å². The molecule has 0 amide bonds. The summed E-state index contributed by atoms with van der Waals surface area (Å²) in [6.45, 7) is 6.90. The van der Waals surface area contributed by atoms with E-state index < -0.39 is 0 Å². The van der Waals surface area contributed by atoms with Gasteiger partial charge in [0, 0.05) is 19.6 Å². The number of aryl methyl sites for hydroxylation is 1. The van der Waals surface area contributed by atoms with Gasteiger partial charge in [0.25, 0.3) is 0 Å². The Bertz CT molecular complexity index is 410. The molecule has 120 valence electrons. The van der Waals surface area contributed by atoms with Gasteiger partial charge >= 0.3 is 0 Å². The largest absolute Gasteiger partial charge is 0.497 e. The number of halogens is 1. The third-order valence-corrected chi connectivity index (χ3v) is 2.91. The first-order valence-corrected chi connectivity index (χ1v) is 7.45. The van der Waals surface area contributed by atoms with Gasteiger partial charge in [-0.25, -0.2) is 0 Å². The summed E-state index contributed by atoms with van der Waals surface area (Å²) in [7, 11) is 1.70. The van der Waals surface area contributed by atoms with Crippen LogP contribution in [0.4, 0.5) is 0 Å². The van der Waals surface area contributed by atoms with E-state index in [9.17, 15) is 0 Å². The van der Waals surface area contributed by atoms with Crippen molar-refractivity contribution in [2.75, 3.05) is 26.7 Å². The Hall–Kier alpha value is -0.980. The van der Waals surface area contributed by atoms with E-state index >= 15 is 0 Å². The zero-order valence-electron chi connectivity index (χ0n) is 13.3. The number of ether oxygens (including phenoxy) is 1. The normalized spacial score (nSPS) is 10.7. The molecule has 0 unspecified atom stereocenters. The van der Waals surface area contributed by atoms with Crippen LogP contribution in [0, 0.1) is 0 Å². The molecule has 0 atom stereocenters. The highest BCUT2D eigenvalue weighted by Gasteiger charge is 1.98. The maximum Gasteiger partial charge on any atom is 0.191 e. The fourth-order valence-electron chi connectivity index (χ4n) is 1.89. The molecule has 0 saturated heterocycles. The maximum absolute atomic E-state index is 5.23. The van der Waals surface area contributed by atoms with Gasteiger partial charge in [0.05, 0.1) is 7.11 Å². The van der Waals surface area contributed by atoms with Crippen molar-refractivity contribution >= 4 is 29.9 Å². The molecule has 0 saturated carbocycles. The lowest BCUT2D eigenvalue weighted by atomic mass is 10.1. The van der Waals surface area contributed by atoms with Crippen LogP contribution >= 0.6 is 24.0 Å². The van der Waals surface area contributed by atoms with E-state index in [1.165, 1.54) is 5.56 Å².